The number of carbonyl (C=O) groups excluding carboxylic acids is 1. The third-order valence-corrected chi connectivity index (χ3v) is 6.91. The van der Waals surface area contributed by atoms with Crippen molar-refractivity contribution < 1.29 is 4.79 Å². The minimum Gasteiger partial charge on any atom is -0.325 e. The molecule has 0 spiro atoms. The number of carbonyl (C=O) groups is 1. The van der Waals surface area contributed by atoms with Gasteiger partial charge in [0.25, 0.3) is 0 Å². The summed E-state index contributed by atoms with van der Waals surface area (Å²) in [4.78, 5) is 13.0. The lowest BCUT2D eigenvalue weighted by Gasteiger charge is -2.19. The van der Waals surface area contributed by atoms with Crippen LogP contribution in [-0.2, 0) is 10.2 Å². The number of aromatic nitrogens is 3. The first-order chi connectivity index (χ1) is 16.6. The van der Waals surface area contributed by atoms with Crippen molar-refractivity contribution in [3.63, 3.8) is 0 Å². The number of hydrogen-bond acceptors (Lipinski definition) is 4. The zero-order chi connectivity index (χ0) is 25.2. The average Bonchev–Trinajstić information content (AvgIpc) is 3.22. The molecule has 1 amide bonds. The highest BCUT2D eigenvalue weighted by Crippen LogP contribution is 2.31. The van der Waals surface area contributed by atoms with E-state index in [-0.39, 0.29) is 16.6 Å². The van der Waals surface area contributed by atoms with E-state index in [0.717, 1.165) is 28.3 Å². The quantitative estimate of drug-likeness (QED) is 0.300. The van der Waals surface area contributed by atoms with E-state index >= 15 is 0 Å². The molecule has 1 aromatic heterocycles. The van der Waals surface area contributed by atoms with Crippen LogP contribution in [0.5, 0.6) is 0 Å². The van der Waals surface area contributed by atoms with Crippen LogP contribution in [-0.4, -0.2) is 25.9 Å². The number of nitrogens with zero attached hydrogens (tertiary/aromatic N) is 3. The molecule has 0 fully saturated rings. The molecule has 0 radical (unpaired) electrons. The van der Waals surface area contributed by atoms with Crippen LogP contribution >= 0.6 is 11.8 Å². The van der Waals surface area contributed by atoms with Crippen LogP contribution in [0.15, 0.2) is 78.0 Å². The highest BCUT2D eigenvalue weighted by atomic mass is 32.2. The van der Waals surface area contributed by atoms with E-state index in [4.69, 9.17) is 0 Å². The monoisotopic (exact) mass is 484 g/mol. The fourth-order valence-electron chi connectivity index (χ4n) is 3.75. The van der Waals surface area contributed by atoms with Crippen LogP contribution in [0.3, 0.4) is 0 Å². The molecule has 1 atom stereocenters. The lowest BCUT2D eigenvalue weighted by atomic mass is 9.87. The number of anilines is 1. The number of nitrogens with one attached hydrogen (secondary N) is 1. The zero-order valence-electron chi connectivity index (χ0n) is 21.2. The van der Waals surface area contributed by atoms with Crippen molar-refractivity contribution in [1.29, 1.82) is 0 Å². The molecule has 4 aromatic rings. The summed E-state index contributed by atoms with van der Waals surface area (Å²) in [5, 5.41) is 12.3. The second-order valence-electron chi connectivity index (χ2n) is 9.92. The lowest BCUT2D eigenvalue weighted by molar-refractivity contribution is -0.115. The van der Waals surface area contributed by atoms with E-state index in [1.807, 2.05) is 35.8 Å². The topological polar surface area (TPSA) is 59.8 Å². The number of rotatable bonds is 6. The summed E-state index contributed by atoms with van der Waals surface area (Å²) in [6, 6.07) is 24.5. The fraction of sp³-hybridized carbons (Fsp3) is 0.276. The van der Waals surface area contributed by atoms with Gasteiger partial charge in [-0.25, -0.2) is 0 Å². The number of aryl methyl sites for hydroxylation is 2. The Hall–Kier alpha value is -3.38. The molecular weight excluding hydrogens is 452 g/mol. The van der Waals surface area contributed by atoms with Crippen LogP contribution in [0, 0.1) is 13.8 Å². The Bertz CT molecular complexity index is 1320. The van der Waals surface area contributed by atoms with Gasteiger partial charge in [-0.05, 0) is 62.1 Å². The van der Waals surface area contributed by atoms with E-state index in [1.54, 1.807) is 0 Å². The molecule has 0 saturated carbocycles. The van der Waals surface area contributed by atoms with Gasteiger partial charge in [0.2, 0.25) is 5.91 Å². The van der Waals surface area contributed by atoms with Crippen LogP contribution < -0.4 is 5.32 Å². The Labute approximate surface area is 212 Å². The summed E-state index contributed by atoms with van der Waals surface area (Å²) in [7, 11) is 0. The molecule has 0 unspecified atom stereocenters. The standard InChI is InChI=1S/C29H32N4OS/c1-19-10-16-25(17-11-19)33-26(22-9-7-8-20(2)18-22)31-32-28(33)35-21(3)27(34)30-24-14-12-23(13-15-24)29(4,5)6/h7-18,21H,1-6H3,(H,30,34)/t21-/m0/s1. The number of benzene rings is 3. The highest BCUT2D eigenvalue weighted by molar-refractivity contribution is 8.00. The molecular formula is C29H32N4OS. The highest BCUT2D eigenvalue weighted by Gasteiger charge is 2.22. The number of hydrogen-bond donors (Lipinski definition) is 1. The normalized spacial score (nSPS) is 12.4. The summed E-state index contributed by atoms with van der Waals surface area (Å²) < 4.78 is 2.03. The first-order valence-electron chi connectivity index (χ1n) is 11.8. The van der Waals surface area contributed by atoms with Gasteiger partial charge < -0.3 is 5.32 Å². The minimum absolute atomic E-state index is 0.0702. The van der Waals surface area contributed by atoms with Gasteiger partial charge in [0.1, 0.15) is 0 Å². The van der Waals surface area contributed by atoms with Crippen LogP contribution in [0.4, 0.5) is 5.69 Å². The van der Waals surface area contributed by atoms with Crippen molar-refractivity contribution in [2.24, 2.45) is 0 Å². The third kappa shape index (κ3) is 5.82. The smallest absolute Gasteiger partial charge is 0.237 e. The van der Waals surface area contributed by atoms with Gasteiger partial charge in [-0.2, -0.15) is 0 Å². The van der Waals surface area contributed by atoms with E-state index in [2.05, 4.69) is 98.7 Å². The van der Waals surface area contributed by atoms with Gasteiger partial charge in [-0.15, -0.1) is 10.2 Å². The van der Waals surface area contributed by atoms with E-state index in [1.165, 1.54) is 22.9 Å². The van der Waals surface area contributed by atoms with Crippen LogP contribution in [0.2, 0.25) is 0 Å². The van der Waals surface area contributed by atoms with Crippen molar-refractivity contribution in [3.8, 4) is 17.1 Å². The lowest BCUT2D eigenvalue weighted by Crippen LogP contribution is -2.23. The molecule has 5 nitrogen and oxygen atoms in total. The molecule has 35 heavy (non-hydrogen) atoms. The predicted molar refractivity (Wildman–Crippen MR) is 145 cm³/mol. The molecule has 0 saturated heterocycles. The zero-order valence-corrected chi connectivity index (χ0v) is 22.0. The van der Waals surface area contributed by atoms with Gasteiger partial charge in [-0.3, -0.25) is 9.36 Å². The van der Waals surface area contributed by atoms with Crippen molar-refractivity contribution in [1.82, 2.24) is 14.8 Å². The Balaban J connectivity index is 1.59. The van der Waals surface area contributed by atoms with Crippen molar-refractivity contribution in [2.75, 3.05) is 5.32 Å². The summed E-state index contributed by atoms with van der Waals surface area (Å²) in [6.45, 7) is 12.5. The molecule has 180 valence electrons. The molecule has 0 aliphatic heterocycles. The fourth-order valence-corrected chi connectivity index (χ4v) is 4.62. The maximum absolute atomic E-state index is 13.0. The Morgan fingerprint density at radius 3 is 2.23 bits per heavy atom. The first kappa shape index (κ1) is 24.7. The molecule has 0 aliphatic carbocycles. The van der Waals surface area contributed by atoms with Gasteiger partial charge in [0, 0.05) is 16.9 Å². The first-order valence-corrected chi connectivity index (χ1v) is 12.7. The SMILES string of the molecule is Cc1ccc(-n2c(S[C@@H](C)C(=O)Nc3ccc(C(C)(C)C)cc3)nnc2-c2cccc(C)c2)cc1. The average molecular weight is 485 g/mol. The predicted octanol–water partition coefficient (Wildman–Crippen LogP) is 6.97. The Kier molecular flexibility index (Phi) is 7.13. The summed E-state index contributed by atoms with van der Waals surface area (Å²) in [6.07, 6.45) is 0. The molecule has 3 aromatic carbocycles. The number of amides is 1. The van der Waals surface area contributed by atoms with Gasteiger partial charge >= 0.3 is 0 Å². The van der Waals surface area contributed by atoms with Crippen LogP contribution in [0.25, 0.3) is 17.1 Å². The molecule has 0 aliphatic rings. The summed E-state index contributed by atoms with van der Waals surface area (Å²) >= 11 is 1.40. The largest absolute Gasteiger partial charge is 0.325 e. The molecule has 1 heterocycles. The van der Waals surface area contributed by atoms with Gasteiger partial charge in [0.15, 0.2) is 11.0 Å². The Morgan fingerprint density at radius 1 is 0.914 bits per heavy atom. The summed E-state index contributed by atoms with van der Waals surface area (Å²) in [5.41, 5.74) is 6.37. The van der Waals surface area contributed by atoms with Crippen molar-refractivity contribution in [3.05, 3.63) is 89.5 Å². The maximum atomic E-state index is 13.0. The minimum atomic E-state index is -0.365. The van der Waals surface area contributed by atoms with Crippen molar-refractivity contribution in [2.45, 2.75) is 57.4 Å². The molecule has 0 bridgehead atoms. The van der Waals surface area contributed by atoms with Crippen molar-refractivity contribution >= 4 is 23.4 Å². The molecule has 4 rings (SSSR count). The van der Waals surface area contributed by atoms with E-state index < -0.39 is 0 Å². The second-order valence-corrected chi connectivity index (χ2v) is 11.2. The Morgan fingerprint density at radius 2 is 1.60 bits per heavy atom. The molecule has 6 heteroatoms. The van der Waals surface area contributed by atoms with E-state index in [0.29, 0.717) is 5.16 Å². The van der Waals surface area contributed by atoms with Crippen LogP contribution in [0.1, 0.15) is 44.4 Å². The summed E-state index contributed by atoms with van der Waals surface area (Å²) in [5.74, 6) is 0.680. The van der Waals surface area contributed by atoms with Gasteiger partial charge in [0.05, 0.1) is 5.25 Å². The van der Waals surface area contributed by atoms with E-state index in [9.17, 15) is 4.79 Å². The molecule has 1 N–H and O–H groups in total. The second kappa shape index (κ2) is 10.1. The van der Waals surface area contributed by atoms with Gasteiger partial charge in [-0.1, -0.05) is 86.1 Å². The number of thioether (sulfide) groups is 1. The maximum Gasteiger partial charge on any atom is 0.237 e. The third-order valence-electron chi connectivity index (χ3n) is 5.87.